The van der Waals surface area contributed by atoms with Gasteiger partial charge >= 0.3 is 0 Å². The SMILES string of the molecule is CC(C)NC(=O)c1nnc2n1CCN(C(=O)c1cccn1C)C2. The molecule has 3 rings (SSSR count). The van der Waals surface area contributed by atoms with Crippen LogP contribution >= 0.6 is 0 Å². The van der Waals surface area contributed by atoms with E-state index in [1.54, 1.807) is 20.1 Å². The standard InChI is InChI=1S/C15H20N6O2/c1-10(2)16-14(22)13-18-17-12-9-20(7-8-21(12)13)15(23)11-5-4-6-19(11)3/h4-6,10H,7-9H2,1-3H3,(H,16,22). The molecule has 3 heterocycles. The molecule has 0 unspecified atom stereocenters. The van der Waals surface area contributed by atoms with Gasteiger partial charge in [-0.1, -0.05) is 0 Å². The monoisotopic (exact) mass is 316 g/mol. The predicted octanol–water partition coefficient (Wildman–Crippen LogP) is 0.411. The maximum absolute atomic E-state index is 12.5. The first-order chi connectivity index (χ1) is 11.0. The van der Waals surface area contributed by atoms with Crippen molar-refractivity contribution in [2.75, 3.05) is 6.54 Å². The molecule has 2 aromatic rings. The number of aromatic nitrogens is 4. The van der Waals surface area contributed by atoms with Crippen LogP contribution in [-0.4, -0.2) is 48.6 Å². The van der Waals surface area contributed by atoms with E-state index in [9.17, 15) is 9.59 Å². The number of nitrogens with zero attached hydrogens (tertiary/aromatic N) is 5. The lowest BCUT2D eigenvalue weighted by Crippen LogP contribution is -2.40. The van der Waals surface area contributed by atoms with Gasteiger partial charge in [-0.25, -0.2) is 0 Å². The van der Waals surface area contributed by atoms with Crippen LogP contribution < -0.4 is 5.32 Å². The van der Waals surface area contributed by atoms with E-state index >= 15 is 0 Å². The van der Waals surface area contributed by atoms with Crippen LogP contribution in [0.1, 0.15) is 40.8 Å². The second-order valence-electron chi connectivity index (χ2n) is 5.95. The highest BCUT2D eigenvalue weighted by Crippen LogP contribution is 2.15. The smallest absolute Gasteiger partial charge is 0.289 e. The summed E-state index contributed by atoms with van der Waals surface area (Å²) in [5, 5.41) is 10.9. The molecule has 2 amide bonds. The molecule has 122 valence electrons. The second kappa shape index (κ2) is 5.86. The van der Waals surface area contributed by atoms with Crippen LogP contribution in [0.4, 0.5) is 0 Å². The van der Waals surface area contributed by atoms with Crippen LogP contribution in [0.2, 0.25) is 0 Å². The van der Waals surface area contributed by atoms with Gasteiger partial charge in [-0.2, -0.15) is 0 Å². The molecule has 1 aliphatic heterocycles. The van der Waals surface area contributed by atoms with Crippen molar-refractivity contribution in [3.63, 3.8) is 0 Å². The Bertz CT molecular complexity index is 745. The van der Waals surface area contributed by atoms with Crippen molar-refractivity contribution < 1.29 is 9.59 Å². The van der Waals surface area contributed by atoms with E-state index < -0.39 is 0 Å². The summed E-state index contributed by atoms with van der Waals surface area (Å²) in [5.74, 6) is 0.660. The fourth-order valence-corrected chi connectivity index (χ4v) is 2.67. The Balaban J connectivity index is 1.78. The van der Waals surface area contributed by atoms with Crippen molar-refractivity contribution in [2.45, 2.75) is 33.0 Å². The zero-order valence-corrected chi connectivity index (χ0v) is 13.5. The summed E-state index contributed by atoms with van der Waals surface area (Å²) in [6, 6.07) is 3.67. The van der Waals surface area contributed by atoms with Crippen LogP contribution in [0.5, 0.6) is 0 Å². The summed E-state index contributed by atoms with van der Waals surface area (Å²) in [5.41, 5.74) is 0.635. The third kappa shape index (κ3) is 2.84. The van der Waals surface area contributed by atoms with E-state index in [0.29, 0.717) is 37.0 Å². The molecule has 8 heteroatoms. The first kappa shape index (κ1) is 15.3. The first-order valence-corrected chi connectivity index (χ1v) is 7.61. The Morgan fingerprint density at radius 3 is 2.70 bits per heavy atom. The van der Waals surface area contributed by atoms with Crippen molar-refractivity contribution in [2.24, 2.45) is 7.05 Å². The van der Waals surface area contributed by atoms with Gasteiger partial charge in [0.15, 0.2) is 5.82 Å². The normalized spacial score (nSPS) is 14.0. The molecular formula is C15H20N6O2. The zero-order chi connectivity index (χ0) is 16.6. The highest BCUT2D eigenvalue weighted by Gasteiger charge is 2.28. The first-order valence-electron chi connectivity index (χ1n) is 7.61. The van der Waals surface area contributed by atoms with Crippen LogP contribution in [0, 0.1) is 0 Å². The fraction of sp³-hybridized carbons (Fsp3) is 0.467. The highest BCUT2D eigenvalue weighted by molar-refractivity contribution is 5.93. The van der Waals surface area contributed by atoms with Crippen molar-refractivity contribution in [3.05, 3.63) is 35.7 Å². The van der Waals surface area contributed by atoms with Gasteiger partial charge in [0.2, 0.25) is 5.82 Å². The Morgan fingerprint density at radius 2 is 2.04 bits per heavy atom. The summed E-state index contributed by atoms with van der Waals surface area (Å²) in [7, 11) is 1.84. The molecule has 0 fully saturated rings. The summed E-state index contributed by atoms with van der Waals surface area (Å²) < 4.78 is 3.58. The minimum Gasteiger partial charge on any atom is -0.347 e. The van der Waals surface area contributed by atoms with Crippen LogP contribution in [0.3, 0.4) is 0 Å². The van der Waals surface area contributed by atoms with E-state index in [4.69, 9.17) is 0 Å². The van der Waals surface area contributed by atoms with Gasteiger partial charge < -0.3 is 19.4 Å². The van der Waals surface area contributed by atoms with Crippen LogP contribution in [0.25, 0.3) is 0 Å². The topological polar surface area (TPSA) is 85.1 Å². The number of hydrogen-bond acceptors (Lipinski definition) is 4. The number of amides is 2. The van der Waals surface area contributed by atoms with E-state index in [1.807, 2.05) is 33.2 Å². The van der Waals surface area contributed by atoms with E-state index in [0.717, 1.165) is 0 Å². The quantitative estimate of drug-likeness (QED) is 0.889. The number of carbonyl (C=O) groups is 2. The van der Waals surface area contributed by atoms with Gasteiger partial charge in [0.1, 0.15) is 5.69 Å². The Labute approximate surface area is 134 Å². The maximum Gasteiger partial charge on any atom is 0.289 e. The third-order valence-electron chi connectivity index (χ3n) is 3.83. The van der Waals surface area contributed by atoms with Crippen LogP contribution in [-0.2, 0) is 20.1 Å². The summed E-state index contributed by atoms with van der Waals surface area (Å²) in [4.78, 5) is 26.4. The Morgan fingerprint density at radius 1 is 1.26 bits per heavy atom. The number of rotatable bonds is 3. The molecule has 0 saturated heterocycles. The molecule has 0 atom stereocenters. The lowest BCUT2D eigenvalue weighted by molar-refractivity contribution is 0.0696. The van der Waals surface area contributed by atoms with Gasteiger partial charge in [-0.3, -0.25) is 9.59 Å². The molecule has 0 saturated carbocycles. The summed E-state index contributed by atoms with van der Waals surface area (Å²) >= 11 is 0. The molecule has 8 nitrogen and oxygen atoms in total. The average molecular weight is 316 g/mol. The molecule has 23 heavy (non-hydrogen) atoms. The molecule has 0 radical (unpaired) electrons. The zero-order valence-electron chi connectivity index (χ0n) is 13.5. The lowest BCUT2D eigenvalue weighted by Gasteiger charge is -2.27. The molecule has 1 aliphatic rings. The van der Waals surface area contributed by atoms with E-state index in [-0.39, 0.29) is 17.9 Å². The number of aryl methyl sites for hydroxylation is 1. The Hall–Kier alpha value is -2.64. The molecular weight excluding hydrogens is 296 g/mol. The average Bonchev–Trinajstić information content (AvgIpc) is 3.11. The second-order valence-corrected chi connectivity index (χ2v) is 5.95. The minimum absolute atomic E-state index is 0.0365. The molecule has 1 N–H and O–H groups in total. The van der Waals surface area contributed by atoms with E-state index in [1.165, 1.54) is 0 Å². The maximum atomic E-state index is 12.5. The molecule has 2 aromatic heterocycles. The number of fused-ring (bicyclic) bond motifs is 1. The summed E-state index contributed by atoms with van der Waals surface area (Å²) in [6.45, 7) is 5.18. The predicted molar refractivity (Wildman–Crippen MR) is 82.8 cm³/mol. The van der Waals surface area contributed by atoms with Gasteiger partial charge in [-0.05, 0) is 26.0 Å². The van der Waals surface area contributed by atoms with E-state index in [2.05, 4.69) is 15.5 Å². The number of hydrogen-bond donors (Lipinski definition) is 1. The molecule has 0 bridgehead atoms. The number of carbonyl (C=O) groups excluding carboxylic acids is 2. The van der Waals surface area contributed by atoms with Crippen molar-refractivity contribution >= 4 is 11.8 Å². The number of nitrogens with one attached hydrogen (secondary N) is 1. The van der Waals surface area contributed by atoms with Gasteiger partial charge in [0, 0.05) is 32.4 Å². The molecule has 0 spiro atoms. The highest BCUT2D eigenvalue weighted by atomic mass is 16.2. The third-order valence-corrected chi connectivity index (χ3v) is 3.83. The molecule has 0 aliphatic carbocycles. The lowest BCUT2D eigenvalue weighted by atomic mass is 10.3. The minimum atomic E-state index is -0.235. The van der Waals surface area contributed by atoms with Crippen LogP contribution in [0.15, 0.2) is 18.3 Å². The van der Waals surface area contributed by atoms with Gasteiger partial charge in [-0.15, -0.1) is 10.2 Å². The largest absolute Gasteiger partial charge is 0.347 e. The van der Waals surface area contributed by atoms with Gasteiger partial charge in [0.05, 0.1) is 6.54 Å². The fourth-order valence-electron chi connectivity index (χ4n) is 2.67. The summed E-state index contributed by atoms with van der Waals surface area (Å²) in [6.07, 6.45) is 1.84. The molecule has 0 aromatic carbocycles. The van der Waals surface area contributed by atoms with Crippen molar-refractivity contribution in [1.82, 2.24) is 29.5 Å². The van der Waals surface area contributed by atoms with Crippen molar-refractivity contribution in [1.29, 1.82) is 0 Å². The Kier molecular flexibility index (Phi) is 3.89. The van der Waals surface area contributed by atoms with Crippen molar-refractivity contribution in [3.8, 4) is 0 Å². The van der Waals surface area contributed by atoms with Gasteiger partial charge in [0.25, 0.3) is 11.8 Å².